The number of methoxy groups -OCH3 is 1. The number of aliphatic hydroxyl groups is 2. The fourth-order valence-electron chi connectivity index (χ4n) is 6.44. The smallest absolute Gasteiger partial charge is 0.177 e. The average molecular weight is 573 g/mol. The molecule has 4 aromatic rings. The van der Waals surface area contributed by atoms with Crippen LogP contribution in [0.5, 0.6) is 11.5 Å². The summed E-state index contributed by atoms with van der Waals surface area (Å²) in [4.78, 5) is 4.29. The standard InChI is InChI=1S/C31H29BrN2O4/c1-37-25-18-34-19-26-28(25)30(36)29(35)24(17-33-16-20-8-4-2-5-9-20)27(21-10-6-3-7-11-21)31(30,38-26)22-12-14-23(32)15-13-22/h2-15,18-19,24,27,29,33,35-36H,16-17H2,1H3/t24-,27?,29-,30?,31?/m1/s1. The molecule has 2 heterocycles. The van der Waals surface area contributed by atoms with Crippen LogP contribution in [0.3, 0.4) is 0 Å². The van der Waals surface area contributed by atoms with Gasteiger partial charge in [-0.1, -0.05) is 88.7 Å². The van der Waals surface area contributed by atoms with Gasteiger partial charge in [-0.2, -0.15) is 0 Å². The van der Waals surface area contributed by atoms with Crippen LogP contribution in [0, 0.1) is 5.92 Å². The Labute approximate surface area is 230 Å². The van der Waals surface area contributed by atoms with Crippen LogP contribution < -0.4 is 14.8 Å². The van der Waals surface area contributed by atoms with Crippen molar-refractivity contribution in [2.75, 3.05) is 13.7 Å². The number of aliphatic hydroxyl groups excluding tert-OH is 1. The first-order chi connectivity index (χ1) is 18.5. The summed E-state index contributed by atoms with van der Waals surface area (Å²) >= 11 is 3.54. The number of hydrogen-bond donors (Lipinski definition) is 3. The number of ether oxygens (including phenoxy) is 2. The van der Waals surface area contributed by atoms with Crippen LogP contribution in [0.1, 0.15) is 28.2 Å². The predicted molar refractivity (Wildman–Crippen MR) is 148 cm³/mol. The Balaban J connectivity index is 1.53. The lowest BCUT2D eigenvalue weighted by atomic mass is 9.70. The summed E-state index contributed by atoms with van der Waals surface area (Å²) in [6.07, 6.45) is 1.98. The topological polar surface area (TPSA) is 83.8 Å². The van der Waals surface area contributed by atoms with Crippen LogP contribution in [-0.2, 0) is 17.7 Å². The van der Waals surface area contributed by atoms with Gasteiger partial charge in [-0.3, -0.25) is 4.98 Å². The first-order valence-electron chi connectivity index (χ1n) is 12.7. The molecule has 0 radical (unpaired) electrons. The zero-order chi connectivity index (χ0) is 26.3. The molecule has 1 aromatic heterocycles. The van der Waals surface area contributed by atoms with Gasteiger partial charge in [0.25, 0.3) is 0 Å². The van der Waals surface area contributed by atoms with Crippen molar-refractivity contribution in [2.45, 2.75) is 29.8 Å². The van der Waals surface area contributed by atoms with E-state index in [0.29, 0.717) is 30.2 Å². The number of hydrogen-bond acceptors (Lipinski definition) is 6. The molecule has 2 aliphatic rings. The van der Waals surface area contributed by atoms with Gasteiger partial charge in [0.15, 0.2) is 11.2 Å². The quantitative estimate of drug-likeness (QED) is 0.292. The van der Waals surface area contributed by atoms with Gasteiger partial charge >= 0.3 is 0 Å². The summed E-state index contributed by atoms with van der Waals surface area (Å²) in [6.45, 7) is 1.10. The molecular weight excluding hydrogens is 544 g/mol. The molecule has 3 aromatic carbocycles. The highest BCUT2D eigenvalue weighted by atomic mass is 79.9. The van der Waals surface area contributed by atoms with E-state index in [1.54, 1.807) is 12.4 Å². The average Bonchev–Trinajstić information content (AvgIpc) is 3.33. The molecule has 6 nitrogen and oxygen atoms in total. The minimum Gasteiger partial charge on any atom is -0.495 e. The summed E-state index contributed by atoms with van der Waals surface area (Å²) in [6, 6.07) is 27.9. The Hall–Kier alpha value is -3.23. The second-order valence-electron chi connectivity index (χ2n) is 9.94. The van der Waals surface area contributed by atoms with Crippen molar-refractivity contribution in [1.29, 1.82) is 0 Å². The highest BCUT2D eigenvalue weighted by Crippen LogP contribution is 2.69. The summed E-state index contributed by atoms with van der Waals surface area (Å²) in [5, 5.41) is 28.5. The third-order valence-electron chi connectivity index (χ3n) is 8.00. The lowest BCUT2D eigenvalue weighted by molar-refractivity contribution is -0.152. The van der Waals surface area contributed by atoms with Gasteiger partial charge in [-0.15, -0.1) is 0 Å². The first kappa shape index (κ1) is 25.1. The van der Waals surface area contributed by atoms with Gasteiger partial charge in [0.05, 0.1) is 31.2 Å². The number of nitrogens with zero attached hydrogens (tertiary/aromatic N) is 1. The van der Waals surface area contributed by atoms with E-state index in [0.717, 1.165) is 21.2 Å². The van der Waals surface area contributed by atoms with Crippen molar-refractivity contribution >= 4 is 15.9 Å². The largest absolute Gasteiger partial charge is 0.495 e. The van der Waals surface area contributed by atoms with E-state index in [-0.39, 0.29) is 5.92 Å². The number of pyridine rings is 1. The summed E-state index contributed by atoms with van der Waals surface area (Å²) in [5.74, 6) is 0.00391. The van der Waals surface area contributed by atoms with Gasteiger partial charge in [0, 0.05) is 29.4 Å². The zero-order valence-electron chi connectivity index (χ0n) is 20.9. The molecule has 3 N–H and O–H groups in total. The summed E-state index contributed by atoms with van der Waals surface area (Å²) in [5.41, 5.74) is 0.177. The Morgan fingerprint density at radius 2 is 1.66 bits per heavy atom. The van der Waals surface area contributed by atoms with Gasteiger partial charge in [0.2, 0.25) is 0 Å². The van der Waals surface area contributed by atoms with E-state index >= 15 is 0 Å². The van der Waals surface area contributed by atoms with Crippen molar-refractivity contribution in [1.82, 2.24) is 10.3 Å². The second-order valence-corrected chi connectivity index (χ2v) is 10.9. The molecule has 3 unspecified atom stereocenters. The Kier molecular flexibility index (Phi) is 6.48. The number of fused-ring (bicyclic) bond motifs is 3. The van der Waals surface area contributed by atoms with Crippen LogP contribution in [0.15, 0.2) is 102 Å². The molecule has 1 aliphatic heterocycles. The van der Waals surface area contributed by atoms with E-state index in [2.05, 4.69) is 38.4 Å². The number of aromatic nitrogens is 1. The third-order valence-corrected chi connectivity index (χ3v) is 8.53. The first-order valence-corrected chi connectivity index (χ1v) is 13.5. The van der Waals surface area contributed by atoms with Crippen LogP contribution in [0.4, 0.5) is 0 Å². The van der Waals surface area contributed by atoms with Gasteiger partial charge in [-0.25, -0.2) is 0 Å². The summed E-state index contributed by atoms with van der Waals surface area (Å²) < 4.78 is 13.4. The van der Waals surface area contributed by atoms with Crippen molar-refractivity contribution < 1.29 is 19.7 Å². The SMILES string of the molecule is COc1cncc2c1C1(O)[C@H](O)[C@H](CNCc3ccccc3)C(c3ccccc3)C1(c1ccc(Br)cc1)O2. The number of nitrogens with one attached hydrogen (secondary N) is 1. The molecule has 0 amide bonds. The fraction of sp³-hybridized carbons (Fsp3) is 0.258. The second kappa shape index (κ2) is 9.82. The zero-order valence-corrected chi connectivity index (χ0v) is 22.5. The number of halogens is 1. The van der Waals surface area contributed by atoms with Crippen molar-refractivity contribution in [3.63, 3.8) is 0 Å². The lowest BCUT2D eigenvalue weighted by Crippen LogP contribution is -2.52. The molecule has 0 bridgehead atoms. The maximum atomic E-state index is 12.8. The lowest BCUT2D eigenvalue weighted by Gasteiger charge is -2.41. The van der Waals surface area contributed by atoms with Gasteiger partial charge in [-0.05, 0) is 28.8 Å². The summed E-state index contributed by atoms with van der Waals surface area (Å²) in [7, 11) is 1.54. The highest BCUT2D eigenvalue weighted by molar-refractivity contribution is 9.10. The molecule has 194 valence electrons. The molecular formula is C31H29BrN2O4. The molecule has 1 fully saturated rings. The van der Waals surface area contributed by atoms with Crippen LogP contribution in [0.25, 0.3) is 0 Å². The van der Waals surface area contributed by atoms with Gasteiger partial charge < -0.3 is 25.0 Å². The fourth-order valence-corrected chi connectivity index (χ4v) is 6.70. The van der Waals surface area contributed by atoms with Crippen molar-refractivity contribution in [2.24, 2.45) is 5.92 Å². The van der Waals surface area contributed by atoms with Crippen LogP contribution >= 0.6 is 15.9 Å². The molecule has 7 heteroatoms. The van der Waals surface area contributed by atoms with Gasteiger partial charge in [0.1, 0.15) is 11.5 Å². The Bertz CT molecular complexity index is 1420. The van der Waals surface area contributed by atoms with Crippen molar-refractivity contribution in [3.05, 3.63) is 124 Å². The maximum Gasteiger partial charge on any atom is 0.177 e. The number of benzene rings is 3. The molecule has 1 aliphatic carbocycles. The normalized spacial score (nSPS) is 27.4. The Morgan fingerprint density at radius 3 is 2.34 bits per heavy atom. The molecule has 38 heavy (non-hydrogen) atoms. The molecule has 5 atom stereocenters. The van der Waals surface area contributed by atoms with Crippen LogP contribution in [0.2, 0.25) is 0 Å². The van der Waals surface area contributed by atoms with E-state index < -0.39 is 23.2 Å². The predicted octanol–water partition coefficient (Wildman–Crippen LogP) is 4.89. The highest BCUT2D eigenvalue weighted by Gasteiger charge is 2.76. The Morgan fingerprint density at radius 1 is 0.974 bits per heavy atom. The monoisotopic (exact) mass is 572 g/mol. The van der Waals surface area contributed by atoms with Crippen molar-refractivity contribution in [3.8, 4) is 11.5 Å². The number of rotatable bonds is 7. The molecule has 1 saturated carbocycles. The maximum absolute atomic E-state index is 12.8. The minimum atomic E-state index is -1.80. The third kappa shape index (κ3) is 3.68. The van der Waals surface area contributed by atoms with Crippen LogP contribution in [-0.4, -0.2) is 35.0 Å². The minimum absolute atomic E-state index is 0.382. The van der Waals surface area contributed by atoms with E-state index in [1.807, 2.05) is 72.8 Å². The van der Waals surface area contributed by atoms with E-state index in [1.165, 1.54) is 7.11 Å². The van der Waals surface area contributed by atoms with E-state index in [9.17, 15) is 10.2 Å². The molecule has 0 spiro atoms. The molecule has 0 saturated heterocycles. The molecule has 6 rings (SSSR count). The van der Waals surface area contributed by atoms with E-state index in [4.69, 9.17) is 9.47 Å².